The Morgan fingerprint density at radius 2 is 1.88 bits per heavy atom. The molecule has 284 valence electrons. The van der Waals surface area contributed by atoms with Gasteiger partial charge in [0.05, 0.1) is 23.1 Å². The molecule has 9 nitrogen and oxygen atoms in total. The molecule has 6 atom stereocenters. The zero-order valence-electron chi connectivity index (χ0n) is 31.8. The molecule has 1 saturated heterocycles. The number of aryl methyl sites for hydroxylation is 1. The highest BCUT2D eigenvalue weighted by atomic mass is 35.5. The summed E-state index contributed by atoms with van der Waals surface area (Å²) >= 11 is 6.50. The van der Waals surface area contributed by atoms with Gasteiger partial charge in [-0.15, -0.1) is 0 Å². The lowest BCUT2D eigenvalue weighted by Gasteiger charge is -2.54. The monoisotopic (exact) mass is 752 g/mol. The quantitative estimate of drug-likeness (QED) is 0.357. The number of sulfonamides is 1. The van der Waals surface area contributed by atoms with Gasteiger partial charge in [-0.25, -0.2) is 13.1 Å². The van der Waals surface area contributed by atoms with E-state index in [4.69, 9.17) is 21.1 Å². The second-order valence-electron chi connectivity index (χ2n) is 17.0. The molecule has 2 fully saturated rings. The van der Waals surface area contributed by atoms with E-state index < -0.39 is 26.8 Å². The first kappa shape index (κ1) is 37.7. The van der Waals surface area contributed by atoms with E-state index in [-0.39, 0.29) is 22.8 Å². The van der Waals surface area contributed by atoms with Gasteiger partial charge in [-0.3, -0.25) is 9.69 Å². The number of nitrogens with zero attached hydrogens (tertiary/aromatic N) is 3. The molecular weight excluding hydrogens is 696 g/mol. The summed E-state index contributed by atoms with van der Waals surface area (Å²) in [6.45, 7) is 11.0. The topological polar surface area (TPSA) is 91.4 Å². The van der Waals surface area contributed by atoms with Gasteiger partial charge < -0.3 is 19.3 Å². The number of likely N-dealkylation sites (tertiary alicyclic amines) is 1. The van der Waals surface area contributed by atoms with Crippen molar-refractivity contribution >= 4 is 33.2 Å². The number of likely N-dealkylation sites (N-methyl/N-ethyl adjacent to an activating group) is 1. The Morgan fingerprint density at radius 1 is 1.10 bits per heavy atom. The van der Waals surface area contributed by atoms with Crippen molar-refractivity contribution < 1.29 is 22.7 Å². The molecule has 1 N–H and O–H groups in total. The summed E-state index contributed by atoms with van der Waals surface area (Å²) in [5.74, 6) is 0.532. The maximum atomic E-state index is 13.6. The van der Waals surface area contributed by atoms with Crippen LogP contribution in [0.5, 0.6) is 5.75 Å². The highest BCUT2D eigenvalue weighted by Gasteiger charge is 2.50. The number of methoxy groups -OCH3 is 1. The lowest BCUT2D eigenvalue weighted by Crippen LogP contribution is -2.67. The van der Waals surface area contributed by atoms with Crippen molar-refractivity contribution in [3.05, 3.63) is 70.3 Å². The summed E-state index contributed by atoms with van der Waals surface area (Å²) < 4.78 is 42.9. The second kappa shape index (κ2) is 14.2. The predicted octanol–water partition coefficient (Wildman–Crippen LogP) is 6.29. The van der Waals surface area contributed by atoms with E-state index in [9.17, 15) is 13.2 Å². The minimum absolute atomic E-state index is 0.183. The third-order valence-electron chi connectivity index (χ3n) is 13.6. The Hall–Kier alpha value is -2.63. The number of allylic oxidation sites excluding steroid dienone is 1. The average Bonchev–Trinajstić information content (AvgIpc) is 3.23. The Labute approximate surface area is 316 Å². The first-order valence-electron chi connectivity index (χ1n) is 19.2. The Morgan fingerprint density at radius 3 is 2.60 bits per heavy atom. The molecule has 0 aromatic heterocycles. The number of anilines is 1. The predicted molar refractivity (Wildman–Crippen MR) is 208 cm³/mol. The Balaban J connectivity index is 1.27. The minimum atomic E-state index is -3.95. The molecule has 2 bridgehead atoms. The third kappa shape index (κ3) is 6.91. The van der Waals surface area contributed by atoms with Crippen LogP contribution in [0.4, 0.5) is 5.69 Å². The van der Waals surface area contributed by atoms with E-state index in [2.05, 4.69) is 64.7 Å². The zero-order valence-corrected chi connectivity index (χ0v) is 33.4. The normalized spacial score (nSPS) is 33.5. The van der Waals surface area contributed by atoms with Gasteiger partial charge in [0, 0.05) is 61.4 Å². The van der Waals surface area contributed by atoms with Gasteiger partial charge >= 0.3 is 0 Å². The van der Waals surface area contributed by atoms with Crippen LogP contribution in [0.2, 0.25) is 5.02 Å². The molecule has 0 radical (unpaired) electrons. The maximum Gasteiger partial charge on any atom is 0.264 e. The fourth-order valence-electron chi connectivity index (χ4n) is 9.63. The summed E-state index contributed by atoms with van der Waals surface area (Å²) in [5.41, 5.74) is 3.14. The van der Waals surface area contributed by atoms with Gasteiger partial charge in [0.25, 0.3) is 5.91 Å². The molecule has 1 amide bonds. The van der Waals surface area contributed by atoms with Gasteiger partial charge in [0.2, 0.25) is 10.0 Å². The largest absolute Gasteiger partial charge is 0.490 e. The smallest absolute Gasteiger partial charge is 0.264 e. The summed E-state index contributed by atoms with van der Waals surface area (Å²) in [4.78, 5) is 20.9. The first-order valence-corrected chi connectivity index (χ1v) is 21.1. The molecule has 2 aromatic carbocycles. The van der Waals surface area contributed by atoms with Gasteiger partial charge in [0.15, 0.2) is 0 Å². The molecule has 2 aromatic rings. The number of rotatable bonds is 5. The second-order valence-corrected chi connectivity index (χ2v) is 19.5. The Bertz CT molecular complexity index is 1810. The van der Waals surface area contributed by atoms with Crippen LogP contribution in [0, 0.1) is 17.8 Å². The fraction of sp³-hybridized carbons (Fsp3) is 0.634. The molecule has 11 heteroatoms. The number of halogens is 1. The van der Waals surface area contributed by atoms with Crippen molar-refractivity contribution in [3.8, 4) is 5.75 Å². The van der Waals surface area contributed by atoms with Gasteiger partial charge in [-0.2, -0.15) is 0 Å². The first-order chi connectivity index (χ1) is 24.7. The van der Waals surface area contributed by atoms with E-state index in [1.54, 1.807) is 13.0 Å². The number of hydrogen-bond acceptors (Lipinski definition) is 8. The lowest BCUT2D eigenvalue weighted by molar-refractivity contribution is -0.0941. The molecule has 5 aliphatic rings. The number of benzene rings is 2. The fourth-order valence-corrected chi connectivity index (χ4v) is 11.1. The molecular formula is C41H57ClN4O5S. The van der Waals surface area contributed by atoms with Crippen molar-refractivity contribution in [2.45, 2.75) is 87.5 Å². The molecule has 1 saturated carbocycles. The van der Waals surface area contributed by atoms with E-state index in [1.165, 1.54) is 11.1 Å². The molecule has 2 aliphatic carbocycles. The lowest BCUT2D eigenvalue weighted by atomic mass is 9.62. The van der Waals surface area contributed by atoms with Crippen LogP contribution >= 0.6 is 11.6 Å². The van der Waals surface area contributed by atoms with Crippen molar-refractivity contribution in [1.29, 1.82) is 0 Å². The van der Waals surface area contributed by atoms with Crippen LogP contribution in [0.25, 0.3) is 0 Å². The third-order valence-corrected chi connectivity index (χ3v) is 15.8. The van der Waals surface area contributed by atoms with E-state index in [0.717, 1.165) is 87.7 Å². The van der Waals surface area contributed by atoms with Gasteiger partial charge in [0.1, 0.15) is 5.75 Å². The zero-order chi connectivity index (χ0) is 37.1. The highest BCUT2D eigenvalue weighted by molar-refractivity contribution is 7.90. The molecule has 3 heterocycles. The molecule has 0 unspecified atom stereocenters. The molecule has 52 heavy (non-hydrogen) atoms. The average molecular weight is 753 g/mol. The summed E-state index contributed by atoms with van der Waals surface area (Å²) in [7, 11) is 2.22. The van der Waals surface area contributed by atoms with Gasteiger partial charge in [-0.1, -0.05) is 36.7 Å². The number of hydrogen-bond donors (Lipinski definition) is 1. The molecule has 7 rings (SSSR count). The standard InChI is InChI=1S/C41H57ClN4O5S/c1-28-9-7-18-41(50-6,19-20-45-24-39(3,25-45)44(4)5)35-14-11-32(35)23-46-26-40(17-8-10-30-21-33(42)13-15-34(30)40)27-51-37-16-12-31(22-36(37)46)38(47)43-52(48,49)29(28)2/h7,12-13,15-16,18,21-22,28-29,32,35H,8-11,14,17,19-20,23-27H2,1-6H3,(H,43,47)/b18-7+/t28-,29+,32-,35+,40-,41+/m0/s1. The SMILES string of the molecule is CO[C@@]1(CCN2CC(C)(N(C)C)C2)/C=C/C[C@H](C)[C@@H](C)S(=O)(=O)NC(=O)c2ccc3c(c2)N(C[C@@H]2CC[C@H]21)C[C@@]1(CCCc2cc(Cl)ccc21)CO3. The number of ether oxygens (including phenoxy) is 2. The summed E-state index contributed by atoms with van der Waals surface area (Å²) in [5, 5.41) is -0.0219. The van der Waals surface area contributed by atoms with Crippen LogP contribution in [0.15, 0.2) is 48.6 Å². The number of carbonyl (C=O) groups is 1. The highest BCUT2D eigenvalue weighted by Crippen LogP contribution is 2.50. The number of carbonyl (C=O) groups excluding carboxylic acids is 1. The molecule has 1 spiro atoms. The van der Waals surface area contributed by atoms with Crippen LogP contribution in [0.1, 0.15) is 80.8 Å². The summed E-state index contributed by atoms with van der Waals surface area (Å²) in [6, 6.07) is 11.7. The minimum Gasteiger partial charge on any atom is -0.490 e. The van der Waals surface area contributed by atoms with E-state index >= 15 is 0 Å². The van der Waals surface area contributed by atoms with Crippen molar-refractivity contribution in [1.82, 2.24) is 14.5 Å². The molecule has 3 aliphatic heterocycles. The maximum absolute atomic E-state index is 13.6. The number of fused-ring (bicyclic) bond motifs is 4. The van der Waals surface area contributed by atoms with Crippen molar-refractivity contribution in [2.24, 2.45) is 17.8 Å². The van der Waals surface area contributed by atoms with Crippen LogP contribution in [-0.4, -0.2) is 101 Å². The van der Waals surface area contributed by atoms with Gasteiger partial charge in [-0.05, 0) is 132 Å². The number of amides is 1. The van der Waals surface area contributed by atoms with Crippen molar-refractivity contribution in [3.63, 3.8) is 0 Å². The summed E-state index contributed by atoms with van der Waals surface area (Å²) in [6.07, 6.45) is 11.0. The van der Waals surface area contributed by atoms with E-state index in [0.29, 0.717) is 24.5 Å². The Kier molecular flexibility index (Phi) is 10.3. The van der Waals surface area contributed by atoms with Crippen LogP contribution < -0.4 is 14.4 Å². The van der Waals surface area contributed by atoms with Crippen LogP contribution in [-0.2, 0) is 26.6 Å². The van der Waals surface area contributed by atoms with E-state index in [1.807, 2.05) is 32.2 Å². The van der Waals surface area contributed by atoms with Crippen molar-refractivity contribution in [2.75, 3.05) is 65.4 Å². The van der Waals surface area contributed by atoms with Crippen LogP contribution in [0.3, 0.4) is 0 Å². The number of nitrogens with one attached hydrogen (secondary N) is 1.